The predicted molar refractivity (Wildman–Crippen MR) is 46.8 cm³/mol. The smallest absolute Gasteiger partial charge is 0.155 e. The molecule has 0 spiro atoms. The van der Waals surface area contributed by atoms with Gasteiger partial charge in [0.15, 0.2) is 6.29 Å². The molecule has 0 amide bonds. The number of carbonyl (C=O) groups is 1. The van der Waals surface area contributed by atoms with Crippen LogP contribution in [0.4, 0.5) is 0 Å². The molecular weight excluding hydrogens is 152 g/mol. The number of hydrogen-bond acceptors (Lipinski definition) is 2. The van der Waals surface area contributed by atoms with Crippen molar-refractivity contribution in [1.29, 1.82) is 0 Å². The first kappa shape index (κ1) is 8.94. The first-order valence-corrected chi connectivity index (χ1v) is 3.82. The Labute approximate surface area is 71.8 Å². The summed E-state index contributed by atoms with van der Waals surface area (Å²) in [6, 6.07) is 7.24. The summed E-state index contributed by atoms with van der Waals surface area (Å²) in [7, 11) is 0. The summed E-state index contributed by atoms with van der Waals surface area (Å²) in [4.78, 5) is 10.5. The molecule has 0 fully saturated rings. The summed E-state index contributed by atoms with van der Waals surface area (Å²) in [5, 5.41) is 9.52. The van der Waals surface area contributed by atoms with E-state index in [1.807, 2.05) is 19.1 Å². The van der Waals surface area contributed by atoms with Gasteiger partial charge < -0.3 is 5.11 Å². The number of aryl methyl sites for hydroxylation is 1. The number of carbonyl (C=O) groups excluding carboxylic acids is 1. The zero-order valence-corrected chi connectivity index (χ0v) is 7.24. The maximum atomic E-state index is 10.5. The number of aliphatic hydroxyl groups is 1. The van der Waals surface area contributed by atoms with Crippen molar-refractivity contribution in [2.45, 2.75) is 19.4 Å². The van der Waals surface area contributed by atoms with Crippen LogP contribution in [0.5, 0.6) is 0 Å². The Kier molecular flexibility index (Phi) is 2.29. The molecule has 1 aromatic carbocycles. The van der Waals surface area contributed by atoms with Gasteiger partial charge in [0.25, 0.3) is 0 Å². The van der Waals surface area contributed by atoms with Gasteiger partial charge in [-0.15, -0.1) is 0 Å². The maximum Gasteiger partial charge on any atom is 0.155 e. The first-order chi connectivity index (χ1) is 5.56. The summed E-state index contributed by atoms with van der Waals surface area (Å²) in [5.74, 6) is 0. The summed E-state index contributed by atoms with van der Waals surface area (Å²) in [6.45, 7) is 3.43. The highest BCUT2D eigenvalue weighted by molar-refractivity contribution is 5.64. The first-order valence-electron chi connectivity index (χ1n) is 3.82. The van der Waals surface area contributed by atoms with E-state index in [0.29, 0.717) is 11.8 Å². The molecule has 1 N–H and O–H groups in total. The zero-order valence-electron chi connectivity index (χ0n) is 7.24. The summed E-state index contributed by atoms with van der Waals surface area (Å²) >= 11 is 0. The van der Waals surface area contributed by atoms with E-state index in [1.165, 1.54) is 6.92 Å². The largest absolute Gasteiger partial charge is 0.378 e. The zero-order chi connectivity index (χ0) is 9.19. The van der Waals surface area contributed by atoms with Crippen molar-refractivity contribution in [2.75, 3.05) is 0 Å². The minimum absolute atomic E-state index is 0.539. The standard InChI is InChI=1S/C10H12O2/c1-8-3-5-9(6-4-8)10(2,12)7-11/h3-7,12H,1-2H3. The molecule has 0 radical (unpaired) electrons. The van der Waals surface area contributed by atoms with Gasteiger partial charge >= 0.3 is 0 Å². The fraction of sp³-hybridized carbons (Fsp3) is 0.300. The molecule has 0 aliphatic heterocycles. The molecule has 0 heterocycles. The second-order valence-electron chi connectivity index (χ2n) is 3.13. The van der Waals surface area contributed by atoms with Gasteiger partial charge in [-0.25, -0.2) is 0 Å². The second-order valence-corrected chi connectivity index (χ2v) is 3.13. The number of aldehydes is 1. The topological polar surface area (TPSA) is 37.3 Å². The Morgan fingerprint density at radius 2 is 1.83 bits per heavy atom. The van der Waals surface area contributed by atoms with E-state index in [-0.39, 0.29) is 0 Å². The Morgan fingerprint density at radius 3 is 2.25 bits per heavy atom. The summed E-state index contributed by atoms with van der Waals surface area (Å²) < 4.78 is 0. The third-order valence-corrected chi connectivity index (χ3v) is 1.87. The molecule has 1 aromatic rings. The van der Waals surface area contributed by atoms with Gasteiger partial charge in [-0.05, 0) is 19.4 Å². The van der Waals surface area contributed by atoms with Gasteiger partial charge in [-0.1, -0.05) is 29.8 Å². The van der Waals surface area contributed by atoms with Crippen LogP contribution in [0.1, 0.15) is 18.1 Å². The van der Waals surface area contributed by atoms with Crippen molar-refractivity contribution in [2.24, 2.45) is 0 Å². The SMILES string of the molecule is Cc1ccc(C(C)(O)C=O)cc1. The van der Waals surface area contributed by atoms with Crippen LogP contribution in [0, 0.1) is 6.92 Å². The summed E-state index contributed by atoms with van der Waals surface area (Å²) in [6.07, 6.45) is 0.539. The molecule has 0 aliphatic carbocycles. The molecule has 2 heteroatoms. The van der Waals surface area contributed by atoms with Crippen LogP contribution < -0.4 is 0 Å². The van der Waals surface area contributed by atoms with Crippen LogP contribution in [-0.4, -0.2) is 11.4 Å². The van der Waals surface area contributed by atoms with Crippen LogP contribution in [0.15, 0.2) is 24.3 Å². The normalized spacial score (nSPS) is 15.2. The lowest BCUT2D eigenvalue weighted by molar-refractivity contribution is -0.123. The minimum atomic E-state index is -1.35. The Balaban J connectivity index is 3.04. The Morgan fingerprint density at radius 1 is 1.33 bits per heavy atom. The van der Waals surface area contributed by atoms with Crippen molar-refractivity contribution in [3.63, 3.8) is 0 Å². The van der Waals surface area contributed by atoms with Gasteiger partial charge in [0.2, 0.25) is 0 Å². The van der Waals surface area contributed by atoms with Gasteiger partial charge in [0.05, 0.1) is 0 Å². The third-order valence-electron chi connectivity index (χ3n) is 1.87. The van der Waals surface area contributed by atoms with E-state index in [0.717, 1.165) is 5.56 Å². The number of benzene rings is 1. The lowest BCUT2D eigenvalue weighted by Crippen LogP contribution is -2.22. The van der Waals surface area contributed by atoms with Crippen LogP contribution in [0.25, 0.3) is 0 Å². The van der Waals surface area contributed by atoms with Gasteiger partial charge in [0, 0.05) is 0 Å². The highest BCUT2D eigenvalue weighted by atomic mass is 16.3. The lowest BCUT2D eigenvalue weighted by atomic mass is 9.97. The van der Waals surface area contributed by atoms with E-state index in [1.54, 1.807) is 12.1 Å². The number of hydrogen-bond donors (Lipinski definition) is 1. The maximum absolute atomic E-state index is 10.5. The lowest BCUT2D eigenvalue weighted by Gasteiger charge is -2.15. The number of rotatable bonds is 2. The molecule has 12 heavy (non-hydrogen) atoms. The van der Waals surface area contributed by atoms with Gasteiger partial charge in [-0.2, -0.15) is 0 Å². The molecule has 1 atom stereocenters. The molecular formula is C10H12O2. The quantitative estimate of drug-likeness (QED) is 0.671. The van der Waals surface area contributed by atoms with Crippen molar-refractivity contribution in [3.8, 4) is 0 Å². The van der Waals surface area contributed by atoms with Crippen molar-refractivity contribution in [1.82, 2.24) is 0 Å². The molecule has 1 rings (SSSR count). The third kappa shape index (κ3) is 1.71. The Hall–Kier alpha value is -1.15. The predicted octanol–water partition coefficient (Wildman–Crippen LogP) is 1.40. The van der Waals surface area contributed by atoms with Crippen molar-refractivity contribution in [3.05, 3.63) is 35.4 Å². The van der Waals surface area contributed by atoms with E-state index < -0.39 is 5.60 Å². The fourth-order valence-corrected chi connectivity index (χ4v) is 0.959. The van der Waals surface area contributed by atoms with Crippen LogP contribution in [-0.2, 0) is 10.4 Å². The van der Waals surface area contributed by atoms with E-state index in [9.17, 15) is 9.90 Å². The molecule has 1 unspecified atom stereocenters. The van der Waals surface area contributed by atoms with Gasteiger partial charge in [-0.3, -0.25) is 4.79 Å². The molecule has 0 aliphatic rings. The van der Waals surface area contributed by atoms with Crippen molar-refractivity contribution < 1.29 is 9.90 Å². The molecule has 0 saturated heterocycles. The van der Waals surface area contributed by atoms with Crippen LogP contribution >= 0.6 is 0 Å². The average Bonchev–Trinajstić information content (AvgIpc) is 2.05. The molecule has 2 nitrogen and oxygen atoms in total. The van der Waals surface area contributed by atoms with E-state index in [2.05, 4.69) is 0 Å². The van der Waals surface area contributed by atoms with E-state index in [4.69, 9.17) is 0 Å². The molecule has 64 valence electrons. The fourth-order valence-electron chi connectivity index (χ4n) is 0.959. The second kappa shape index (κ2) is 3.07. The van der Waals surface area contributed by atoms with Crippen LogP contribution in [0.3, 0.4) is 0 Å². The molecule has 0 aromatic heterocycles. The average molecular weight is 164 g/mol. The molecule has 0 bridgehead atoms. The van der Waals surface area contributed by atoms with Gasteiger partial charge in [0.1, 0.15) is 5.60 Å². The Bertz CT molecular complexity index is 272. The highest BCUT2D eigenvalue weighted by Gasteiger charge is 2.20. The highest BCUT2D eigenvalue weighted by Crippen LogP contribution is 2.17. The van der Waals surface area contributed by atoms with Crippen LogP contribution in [0.2, 0.25) is 0 Å². The molecule has 0 saturated carbocycles. The summed E-state index contributed by atoms with van der Waals surface area (Å²) in [5.41, 5.74) is 0.386. The van der Waals surface area contributed by atoms with Crippen molar-refractivity contribution >= 4 is 6.29 Å². The monoisotopic (exact) mass is 164 g/mol. The minimum Gasteiger partial charge on any atom is -0.378 e. The van der Waals surface area contributed by atoms with E-state index >= 15 is 0 Å².